The minimum absolute atomic E-state index is 0.108. The summed E-state index contributed by atoms with van der Waals surface area (Å²) in [6.45, 7) is 5.79. The van der Waals surface area contributed by atoms with Gasteiger partial charge in [-0.25, -0.2) is 0 Å². The van der Waals surface area contributed by atoms with Crippen LogP contribution in [0.5, 0.6) is 11.5 Å². The van der Waals surface area contributed by atoms with Crippen LogP contribution < -0.4 is 10.1 Å². The predicted molar refractivity (Wildman–Crippen MR) is 110 cm³/mol. The molecule has 2 aromatic rings. The first kappa shape index (κ1) is 19.3. The molecule has 4 nitrogen and oxygen atoms in total. The average Bonchev–Trinajstić information content (AvgIpc) is 2.63. The zero-order valence-electron chi connectivity index (χ0n) is 14.4. The van der Waals surface area contributed by atoms with Gasteiger partial charge in [0.15, 0.2) is 5.75 Å². The third-order valence-electron chi connectivity index (χ3n) is 3.48. The highest BCUT2D eigenvalue weighted by molar-refractivity contribution is 8.23. The molecule has 0 bridgehead atoms. The fourth-order valence-corrected chi connectivity index (χ4v) is 3.36. The number of amides is 1. The van der Waals surface area contributed by atoms with Gasteiger partial charge in [-0.1, -0.05) is 54.3 Å². The second-order valence-corrected chi connectivity index (χ2v) is 6.80. The largest absolute Gasteiger partial charge is 0.455 e. The number of rotatable bonds is 7. The molecular formula is C19H22N2O2S2. The van der Waals surface area contributed by atoms with Gasteiger partial charge < -0.3 is 15.0 Å². The second-order valence-electron chi connectivity index (χ2n) is 5.19. The molecule has 6 heteroatoms. The fourth-order valence-electron chi connectivity index (χ4n) is 2.16. The van der Waals surface area contributed by atoms with Crippen LogP contribution in [0.25, 0.3) is 0 Å². The van der Waals surface area contributed by atoms with E-state index in [9.17, 15) is 4.79 Å². The molecule has 0 aliphatic heterocycles. The van der Waals surface area contributed by atoms with Gasteiger partial charge in [0.2, 0.25) is 5.91 Å². The molecule has 1 amide bonds. The lowest BCUT2D eigenvalue weighted by Crippen LogP contribution is -2.28. The van der Waals surface area contributed by atoms with Gasteiger partial charge in [0.25, 0.3) is 0 Å². The molecule has 0 heterocycles. The minimum Gasteiger partial charge on any atom is -0.455 e. The number of nitrogens with one attached hydrogen (secondary N) is 1. The summed E-state index contributed by atoms with van der Waals surface area (Å²) in [5.41, 5.74) is 0.644. The Bertz CT molecular complexity index is 704. The summed E-state index contributed by atoms with van der Waals surface area (Å²) in [4.78, 5) is 14.3. The zero-order chi connectivity index (χ0) is 18.1. The topological polar surface area (TPSA) is 41.6 Å². The van der Waals surface area contributed by atoms with Crippen LogP contribution in [0, 0.1) is 0 Å². The van der Waals surface area contributed by atoms with Crippen LogP contribution in [0.1, 0.15) is 13.8 Å². The third-order valence-corrected chi connectivity index (χ3v) is 5.00. The van der Waals surface area contributed by atoms with E-state index < -0.39 is 0 Å². The van der Waals surface area contributed by atoms with Crippen molar-refractivity contribution in [1.82, 2.24) is 4.90 Å². The van der Waals surface area contributed by atoms with E-state index in [1.54, 1.807) is 0 Å². The molecule has 0 radical (unpaired) electrons. The van der Waals surface area contributed by atoms with Gasteiger partial charge in [0, 0.05) is 13.1 Å². The molecule has 2 rings (SSSR count). The molecule has 0 fully saturated rings. The molecule has 2 aromatic carbocycles. The maximum absolute atomic E-state index is 12.3. The van der Waals surface area contributed by atoms with Crippen molar-refractivity contribution in [2.24, 2.45) is 0 Å². The normalized spacial score (nSPS) is 10.2. The lowest BCUT2D eigenvalue weighted by atomic mass is 10.3. The number of carbonyl (C=O) groups is 1. The van der Waals surface area contributed by atoms with E-state index >= 15 is 0 Å². The van der Waals surface area contributed by atoms with Crippen molar-refractivity contribution in [2.45, 2.75) is 13.8 Å². The number of anilines is 1. The van der Waals surface area contributed by atoms with Crippen LogP contribution in [-0.2, 0) is 4.79 Å². The van der Waals surface area contributed by atoms with Crippen molar-refractivity contribution in [3.63, 3.8) is 0 Å². The molecule has 0 saturated heterocycles. The molecule has 25 heavy (non-hydrogen) atoms. The summed E-state index contributed by atoms with van der Waals surface area (Å²) in [6, 6.07) is 16.9. The van der Waals surface area contributed by atoms with Gasteiger partial charge >= 0.3 is 0 Å². The van der Waals surface area contributed by atoms with Crippen LogP contribution in [-0.4, -0.2) is 34.0 Å². The third kappa shape index (κ3) is 6.07. The monoisotopic (exact) mass is 374 g/mol. The standard InChI is InChI=1S/C19H22N2O2S2/c1-3-21(4-2)19(24)25-14-18(22)20-16-12-8-9-13-17(16)23-15-10-6-5-7-11-15/h5-13H,3-4,14H2,1-2H3,(H,20,22). The minimum atomic E-state index is -0.108. The van der Waals surface area contributed by atoms with E-state index in [-0.39, 0.29) is 11.7 Å². The van der Waals surface area contributed by atoms with Crippen LogP contribution in [0.4, 0.5) is 5.69 Å². The lowest BCUT2D eigenvalue weighted by molar-refractivity contribution is -0.113. The summed E-state index contributed by atoms with van der Waals surface area (Å²) in [7, 11) is 0. The Hall–Kier alpha value is -2.05. The summed E-state index contributed by atoms with van der Waals surface area (Å²) < 4.78 is 6.60. The highest BCUT2D eigenvalue weighted by Gasteiger charge is 2.12. The van der Waals surface area contributed by atoms with Crippen LogP contribution in [0.2, 0.25) is 0 Å². The molecule has 0 aliphatic rings. The Morgan fingerprint density at radius 1 is 1.08 bits per heavy atom. The Labute approximate surface area is 158 Å². The smallest absolute Gasteiger partial charge is 0.234 e. The molecule has 0 spiro atoms. The van der Waals surface area contributed by atoms with E-state index in [1.165, 1.54) is 11.8 Å². The molecule has 132 valence electrons. The molecule has 0 unspecified atom stereocenters. The SMILES string of the molecule is CCN(CC)C(=S)SCC(=O)Nc1ccccc1Oc1ccccc1. The van der Waals surface area contributed by atoms with E-state index in [0.29, 0.717) is 11.4 Å². The Morgan fingerprint density at radius 2 is 1.72 bits per heavy atom. The number of thioether (sulfide) groups is 1. The maximum Gasteiger partial charge on any atom is 0.234 e. The first-order valence-electron chi connectivity index (χ1n) is 8.17. The average molecular weight is 375 g/mol. The van der Waals surface area contributed by atoms with Gasteiger partial charge in [0.1, 0.15) is 10.1 Å². The van der Waals surface area contributed by atoms with Gasteiger partial charge in [-0.15, -0.1) is 0 Å². The van der Waals surface area contributed by atoms with Crippen LogP contribution in [0.3, 0.4) is 0 Å². The summed E-state index contributed by atoms with van der Waals surface area (Å²) in [5.74, 6) is 1.50. The molecule has 0 aromatic heterocycles. The van der Waals surface area contributed by atoms with Crippen molar-refractivity contribution in [2.75, 3.05) is 24.2 Å². The van der Waals surface area contributed by atoms with Crippen molar-refractivity contribution in [1.29, 1.82) is 0 Å². The first-order valence-corrected chi connectivity index (χ1v) is 9.57. The number of hydrogen-bond donors (Lipinski definition) is 1. The molecule has 0 atom stereocenters. The number of hydrogen-bond acceptors (Lipinski definition) is 4. The van der Waals surface area contributed by atoms with Crippen LogP contribution in [0.15, 0.2) is 54.6 Å². The van der Waals surface area contributed by atoms with Crippen molar-refractivity contribution in [3.05, 3.63) is 54.6 Å². The summed E-state index contributed by atoms with van der Waals surface area (Å²) in [5, 5.41) is 2.90. The zero-order valence-corrected chi connectivity index (χ0v) is 16.0. The summed E-state index contributed by atoms with van der Waals surface area (Å²) in [6.07, 6.45) is 0. The molecule has 1 N–H and O–H groups in total. The second kappa shape index (κ2) is 10.1. The van der Waals surface area contributed by atoms with E-state index in [2.05, 4.69) is 10.2 Å². The molecule has 0 aliphatic carbocycles. The quantitative estimate of drug-likeness (QED) is 0.707. The number of para-hydroxylation sites is 3. The Morgan fingerprint density at radius 3 is 2.40 bits per heavy atom. The molecule has 0 saturated carbocycles. The van der Waals surface area contributed by atoms with Crippen molar-refractivity contribution in [3.8, 4) is 11.5 Å². The van der Waals surface area contributed by atoms with E-state index in [1.807, 2.05) is 68.4 Å². The predicted octanol–water partition coefficient (Wildman–Crippen LogP) is 4.78. The van der Waals surface area contributed by atoms with E-state index in [4.69, 9.17) is 17.0 Å². The first-order chi connectivity index (χ1) is 12.1. The van der Waals surface area contributed by atoms with Crippen molar-refractivity contribution < 1.29 is 9.53 Å². The highest BCUT2D eigenvalue weighted by atomic mass is 32.2. The van der Waals surface area contributed by atoms with Gasteiger partial charge in [-0.2, -0.15) is 0 Å². The Kier molecular flexibility index (Phi) is 7.76. The number of carbonyl (C=O) groups excluding carboxylic acids is 1. The van der Waals surface area contributed by atoms with Gasteiger partial charge in [-0.05, 0) is 38.1 Å². The van der Waals surface area contributed by atoms with Crippen LogP contribution >= 0.6 is 24.0 Å². The van der Waals surface area contributed by atoms with Gasteiger partial charge in [0.05, 0.1) is 11.4 Å². The fraction of sp³-hybridized carbons (Fsp3) is 0.263. The maximum atomic E-state index is 12.3. The highest BCUT2D eigenvalue weighted by Crippen LogP contribution is 2.29. The van der Waals surface area contributed by atoms with E-state index in [0.717, 1.165) is 23.2 Å². The van der Waals surface area contributed by atoms with Gasteiger partial charge in [-0.3, -0.25) is 4.79 Å². The Balaban J connectivity index is 1.96. The van der Waals surface area contributed by atoms with Crippen molar-refractivity contribution >= 4 is 39.9 Å². The summed E-state index contributed by atoms with van der Waals surface area (Å²) >= 11 is 6.73. The number of ether oxygens (including phenoxy) is 1. The number of thiocarbonyl (C=S) groups is 1. The lowest BCUT2D eigenvalue weighted by Gasteiger charge is -2.20. The number of benzene rings is 2. The number of nitrogens with zero attached hydrogens (tertiary/aromatic N) is 1. The molecular weight excluding hydrogens is 352 g/mol.